The van der Waals surface area contributed by atoms with E-state index in [-0.39, 0.29) is 65.8 Å². The number of amides is 1. The fraction of sp³-hybridized carbons (Fsp3) is 0.346. The van der Waals surface area contributed by atoms with Crippen LogP contribution in [0, 0.1) is 23.3 Å². The van der Waals surface area contributed by atoms with Crippen LogP contribution in [0.15, 0.2) is 119 Å². The van der Waals surface area contributed by atoms with Crippen LogP contribution in [0.2, 0.25) is 0 Å². The zero-order valence-electron chi connectivity index (χ0n) is 41.6. The number of aromatic nitrogens is 4. The average Bonchev–Trinajstić information content (AvgIpc) is 3.34. The predicted octanol–water partition coefficient (Wildman–Crippen LogP) is -1.59. The normalized spacial score (nSPS) is 15.3. The number of carbonyl (C=O) groups is 2. The van der Waals surface area contributed by atoms with Gasteiger partial charge in [-0.25, -0.2) is 36.5 Å². The third-order valence-corrected chi connectivity index (χ3v) is 12.1. The molecule has 0 unspecified atom stereocenters. The Morgan fingerprint density at radius 1 is 0.667 bits per heavy atom. The van der Waals surface area contributed by atoms with Gasteiger partial charge in [0, 0.05) is 97.5 Å². The Kier molecular flexibility index (Phi) is 25.2. The average molecular weight is 1100 g/mol. The van der Waals surface area contributed by atoms with Crippen LogP contribution in [0.25, 0.3) is 22.5 Å². The molecule has 2 saturated heterocycles. The van der Waals surface area contributed by atoms with Crippen LogP contribution in [0.4, 0.5) is 38.5 Å². The lowest BCUT2D eigenvalue weighted by molar-refractivity contribution is -1.00. The van der Waals surface area contributed by atoms with E-state index in [0.717, 1.165) is 81.9 Å². The van der Waals surface area contributed by atoms with E-state index in [4.69, 9.17) is 22.1 Å². The summed E-state index contributed by atoms with van der Waals surface area (Å²) in [5, 5.41) is 11.1. The summed E-state index contributed by atoms with van der Waals surface area (Å²) in [4.78, 5) is 54.6. The highest BCUT2D eigenvalue weighted by Gasteiger charge is 2.19. The smallest absolute Gasteiger partial charge is 0.411 e. The van der Waals surface area contributed by atoms with Crippen molar-refractivity contribution in [2.75, 3.05) is 104 Å². The third kappa shape index (κ3) is 21.0. The number of nitrogen functional groups attached to an aromatic ring is 1. The Balaban J connectivity index is 0.000000267. The molecule has 2 aliphatic heterocycles. The SMILES string of the molecule is CN1CCN(CCCOC(=O)Nc2cccc(Cn3nc(-c4cc(F)cc(F)c4)ccc3=O)c2)CC1.C[NH+]1CC[NH+](CCCOC(=O)Cl)CC1.Nc1cccc(Cn2nc(-c3cc(F)cc(F)c3)ccc2=O)c1.[Cl-].[Cl-]. The van der Waals surface area contributed by atoms with Crippen LogP contribution in [0.1, 0.15) is 24.0 Å². The number of hydrogen-bond acceptors (Lipinski definition) is 11. The molecule has 0 spiro atoms. The molecule has 23 heteroatoms. The lowest BCUT2D eigenvalue weighted by Crippen LogP contribution is -3.27. The Bertz CT molecular complexity index is 2870. The van der Waals surface area contributed by atoms with Crippen LogP contribution in [-0.2, 0) is 22.6 Å². The Labute approximate surface area is 449 Å². The number of piperazine rings is 2. The van der Waals surface area contributed by atoms with Crippen LogP contribution < -0.4 is 56.8 Å². The van der Waals surface area contributed by atoms with E-state index < -0.39 is 34.8 Å². The standard InChI is InChI=1S/C26H29F2N5O3.C17H13F2N3O.C9H17ClN2O2.2ClH/c1-31-9-11-32(12-10-31)8-3-13-36-26(35)29-23-5-2-4-19(14-23)18-33-25(34)7-6-24(30-33)20-15-21(27)17-22(28)16-20;18-13-7-12(8-14(19)9-13)16-4-5-17(23)22(21-16)10-11-2-1-3-15(20)6-11;1-11-4-6-12(7-5-11)3-2-8-14-9(10)13;;/h2,4-7,14-17H,3,8-13,18H2,1H3,(H,29,35);1-9H,10,20H2;2-8H2,1H3;2*1H. The van der Waals surface area contributed by atoms with Crippen molar-refractivity contribution >= 4 is 34.5 Å². The first-order valence-corrected chi connectivity index (χ1v) is 24.3. The van der Waals surface area contributed by atoms with Crippen molar-refractivity contribution in [1.29, 1.82) is 0 Å². The highest BCUT2D eigenvalue weighted by atomic mass is 35.5. The van der Waals surface area contributed by atoms with Crippen molar-refractivity contribution in [2.24, 2.45) is 0 Å². The number of nitrogens with two attached hydrogens (primary N) is 1. The van der Waals surface area contributed by atoms with Crippen molar-refractivity contribution in [2.45, 2.75) is 25.9 Å². The van der Waals surface area contributed by atoms with Gasteiger partial charge >= 0.3 is 11.5 Å². The minimum absolute atomic E-state index is 0. The number of rotatable bonds is 15. The van der Waals surface area contributed by atoms with E-state index in [1.165, 1.54) is 71.9 Å². The minimum Gasteiger partial charge on any atom is -1.00 e. The molecule has 6 aromatic rings. The quantitative estimate of drug-likeness (QED) is 0.0405. The maximum Gasteiger partial charge on any atom is 0.411 e. The van der Waals surface area contributed by atoms with Gasteiger partial charge in [-0.1, -0.05) is 24.3 Å². The number of anilines is 2. The molecule has 2 aliphatic rings. The summed E-state index contributed by atoms with van der Waals surface area (Å²) in [5.41, 5.74) is 8.04. The second-order valence-corrected chi connectivity index (χ2v) is 18.2. The van der Waals surface area contributed by atoms with E-state index in [1.807, 2.05) is 6.07 Å². The molecule has 0 saturated carbocycles. The van der Waals surface area contributed by atoms with Gasteiger partial charge in [0.25, 0.3) is 11.1 Å². The minimum atomic E-state index is -0.727. The second-order valence-electron chi connectivity index (χ2n) is 17.8. The van der Waals surface area contributed by atoms with Crippen molar-refractivity contribution < 1.29 is 71.2 Å². The van der Waals surface area contributed by atoms with E-state index >= 15 is 0 Å². The first-order valence-electron chi connectivity index (χ1n) is 23.9. The number of halogens is 7. The number of likely N-dealkylation sites (N-methyl/N-ethyl adjacent to an activating group) is 2. The number of carbonyl (C=O) groups excluding carboxylic acids is 2. The highest BCUT2D eigenvalue weighted by Crippen LogP contribution is 2.21. The van der Waals surface area contributed by atoms with E-state index in [0.29, 0.717) is 35.8 Å². The predicted molar refractivity (Wildman–Crippen MR) is 271 cm³/mol. The molecule has 0 atom stereocenters. The second kappa shape index (κ2) is 30.8. The molecule has 5 N–H and O–H groups in total. The number of nitrogens with zero attached hydrogens (tertiary/aromatic N) is 6. The van der Waals surface area contributed by atoms with E-state index in [2.05, 4.69) is 44.1 Å². The molecule has 0 radical (unpaired) electrons. The van der Waals surface area contributed by atoms with Gasteiger partial charge in [-0.2, -0.15) is 10.2 Å². The zero-order chi connectivity index (χ0) is 52.3. The summed E-state index contributed by atoms with van der Waals surface area (Å²) in [5.74, 6) is -2.85. The van der Waals surface area contributed by atoms with Gasteiger partial charge in [0.15, 0.2) is 0 Å². The molecule has 1 amide bonds. The first kappa shape index (κ1) is 61.2. The number of ether oxygens (including phenoxy) is 2. The molecular formula is C52H61Cl3F4N10O6. The molecule has 4 aromatic carbocycles. The van der Waals surface area contributed by atoms with Gasteiger partial charge < -0.3 is 59.6 Å². The zero-order valence-corrected chi connectivity index (χ0v) is 43.8. The van der Waals surface area contributed by atoms with Gasteiger partial charge in [0.2, 0.25) is 0 Å². The molecule has 404 valence electrons. The van der Waals surface area contributed by atoms with Crippen molar-refractivity contribution in [3.05, 3.63) is 164 Å². The largest absolute Gasteiger partial charge is 1.00 e. The van der Waals surface area contributed by atoms with Gasteiger partial charge in [0.1, 0.15) is 49.4 Å². The van der Waals surface area contributed by atoms with Crippen LogP contribution in [0.3, 0.4) is 0 Å². The maximum atomic E-state index is 13.6. The molecular weight excluding hydrogens is 1040 g/mol. The van der Waals surface area contributed by atoms with Crippen LogP contribution >= 0.6 is 11.6 Å². The summed E-state index contributed by atoms with van der Waals surface area (Å²) in [6.07, 6.45) is 1.13. The van der Waals surface area contributed by atoms with E-state index in [9.17, 15) is 36.7 Å². The number of hydrogen-bond donors (Lipinski definition) is 4. The topological polar surface area (TPSA) is 176 Å². The van der Waals surface area contributed by atoms with Crippen LogP contribution in [0.5, 0.6) is 0 Å². The van der Waals surface area contributed by atoms with Crippen LogP contribution in [-0.4, -0.2) is 134 Å². The highest BCUT2D eigenvalue weighted by molar-refractivity contribution is 6.61. The number of benzene rings is 4. The third-order valence-electron chi connectivity index (χ3n) is 12.0. The first-order chi connectivity index (χ1) is 35.0. The fourth-order valence-corrected chi connectivity index (χ4v) is 8.13. The molecule has 8 rings (SSSR count). The lowest BCUT2D eigenvalue weighted by Gasteiger charge is -2.32. The Hall–Kier alpha value is -6.39. The van der Waals surface area contributed by atoms with Gasteiger partial charge in [-0.3, -0.25) is 14.9 Å². The monoisotopic (exact) mass is 1100 g/mol. The fourth-order valence-electron chi connectivity index (χ4n) is 8.05. The van der Waals surface area contributed by atoms with Gasteiger partial charge in [-0.15, -0.1) is 0 Å². The summed E-state index contributed by atoms with van der Waals surface area (Å²) in [6, 6.07) is 25.7. The van der Waals surface area contributed by atoms with Crippen molar-refractivity contribution in [3.8, 4) is 22.5 Å². The van der Waals surface area contributed by atoms with Crippen molar-refractivity contribution in [3.63, 3.8) is 0 Å². The molecule has 75 heavy (non-hydrogen) atoms. The maximum absolute atomic E-state index is 13.6. The molecule has 16 nitrogen and oxygen atoms in total. The Morgan fingerprint density at radius 2 is 1.17 bits per heavy atom. The van der Waals surface area contributed by atoms with E-state index in [1.54, 1.807) is 52.3 Å². The Morgan fingerprint density at radius 3 is 1.69 bits per heavy atom. The molecule has 0 bridgehead atoms. The summed E-state index contributed by atoms with van der Waals surface area (Å²) >= 11 is 5.05. The summed E-state index contributed by atoms with van der Waals surface area (Å²) < 4.78 is 66.3. The number of quaternary nitrogens is 2. The van der Waals surface area contributed by atoms with Crippen molar-refractivity contribution in [1.82, 2.24) is 29.4 Å². The molecule has 2 fully saturated rings. The molecule has 4 heterocycles. The molecule has 0 aliphatic carbocycles. The van der Waals surface area contributed by atoms with Gasteiger partial charge in [-0.05, 0) is 85.3 Å². The summed E-state index contributed by atoms with van der Waals surface area (Å²) in [6.45, 7) is 12.1. The van der Waals surface area contributed by atoms with Gasteiger partial charge in [0.05, 0.1) is 51.3 Å². The summed E-state index contributed by atoms with van der Waals surface area (Å²) in [7, 11) is 4.34. The molecule has 2 aromatic heterocycles. The lowest BCUT2D eigenvalue weighted by atomic mass is 10.1. The number of nitrogens with one attached hydrogen (secondary N) is 3.